The minimum absolute atomic E-state index is 0.681. The van der Waals surface area contributed by atoms with Crippen molar-refractivity contribution in [2.75, 3.05) is 45.7 Å². The van der Waals surface area contributed by atoms with Crippen LogP contribution < -0.4 is 16.0 Å². The van der Waals surface area contributed by atoms with Crippen LogP contribution in [0.1, 0.15) is 24.3 Å². The monoisotopic (exact) mass is 402 g/mol. The lowest BCUT2D eigenvalue weighted by Gasteiger charge is -2.04. The minimum Gasteiger partial charge on any atom is -0.380 e. The van der Waals surface area contributed by atoms with Crippen molar-refractivity contribution >= 4 is 33.9 Å². The maximum Gasteiger partial charge on any atom is 0.102 e. The zero-order valence-electron chi connectivity index (χ0n) is 17.8. The first-order valence-electron chi connectivity index (χ1n) is 9.51. The van der Waals surface area contributed by atoms with Crippen LogP contribution >= 0.6 is 11.3 Å². The third-order valence-electron chi connectivity index (χ3n) is 3.57. The molecule has 0 fully saturated rings. The highest BCUT2D eigenvalue weighted by molar-refractivity contribution is 7.16. The number of hydrogen-bond donors (Lipinski definition) is 3. The summed E-state index contributed by atoms with van der Waals surface area (Å²) in [5.74, 6) is 0. The van der Waals surface area contributed by atoms with Crippen molar-refractivity contribution in [3.05, 3.63) is 52.9 Å². The smallest absolute Gasteiger partial charge is 0.102 e. The third kappa shape index (κ3) is 9.28. The lowest BCUT2D eigenvalue weighted by molar-refractivity contribution is 0.226. The number of aliphatic imine (C=N–C) groups is 1. The van der Waals surface area contributed by atoms with Crippen molar-refractivity contribution in [2.24, 2.45) is 4.99 Å². The highest BCUT2D eigenvalue weighted by Crippen LogP contribution is 2.36. The Balaban J connectivity index is 0.000000255. The molecule has 2 heterocycles. The molecule has 1 aliphatic rings. The SMILES string of the molecule is C=C(C)COC.CCNCCNC.Cc1cc2c(s1)Nc1ccccc1N=C2. The molecule has 0 bridgehead atoms. The molecule has 6 heteroatoms. The zero-order chi connectivity index (χ0) is 20.8. The van der Waals surface area contributed by atoms with Gasteiger partial charge in [0.25, 0.3) is 0 Å². The molecule has 3 N–H and O–H groups in total. The fraction of sp³-hybridized carbons (Fsp3) is 0.409. The van der Waals surface area contributed by atoms with E-state index in [0.717, 1.165) is 36.6 Å². The van der Waals surface area contributed by atoms with Gasteiger partial charge in [-0.05, 0) is 45.6 Å². The molecule has 0 saturated heterocycles. The summed E-state index contributed by atoms with van der Waals surface area (Å²) in [5.41, 5.74) is 4.32. The van der Waals surface area contributed by atoms with Crippen LogP contribution in [0, 0.1) is 6.92 Å². The lowest BCUT2D eigenvalue weighted by Crippen LogP contribution is -2.24. The average molecular weight is 403 g/mol. The first-order valence-corrected chi connectivity index (χ1v) is 10.3. The molecule has 0 unspecified atom stereocenters. The summed E-state index contributed by atoms with van der Waals surface area (Å²) in [5, 5.41) is 10.8. The van der Waals surface area contributed by atoms with E-state index in [2.05, 4.69) is 53.5 Å². The van der Waals surface area contributed by atoms with Gasteiger partial charge in [0.05, 0.1) is 18.0 Å². The molecule has 0 radical (unpaired) electrons. The second-order valence-corrected chi connectivity index (χ2v) is 7.65. The molecular formula is C22H34N4OS. The molecule has 1 aromatic carbocycles. The van der Waals surface area contributed by atoms with Crippen LogP contribution in [-0.4, -0.2) is 46.6 Å². The number of anilines is 2. The molecule has 5 nitrogen and oxygen atoms in total. The number of fused-ring (bicyclic) bond motifs is 2. The Labute approximate surface area is 173 Å². The van der Waals surface area contributed by atoms with E-state index in [0.29, 0.717) is 6.61 Å². The summed E-state index contributed by atoms with van der Waals surface area (Å²) in [6.07, 6.45) is 1.93. The number of rotatable bonds is 6. The molecule has 0 atom stereocenters. The maximum atomic E-state index is 4.70. The summed E-state index contributed by atoms with van der Waals surface area (Å²) in [4.78, 5) is 5.76. The van der Waals surface area contributed by atoms with E-state index in [1.165, 1.54) is 15.4 Å². The Morgan fingerprint density at radius 2 is 2.04 bits per heavy atom. The first-order chi connectivity index (χ1) is 13.5. The number of para-hydroxylation sites is 2. The molecule has 0 saturated carbocycles. The van der Waals surface area contributed by atoms with Gasteiger partial charge in [-0.2, -0.15) is 0 Å². The van der Waals surface area contributed by atoms with Gasteiger partial charge in [-0.15, -0.1) is 11.3 Å². The van der Waals surface area contributed by atoms with Crippen LogP contribution in [0.5, 0.6) is 0 Å². The highest BCUT2D eigenvalue weighted by atomic mass is 32.1. The Morgan fingerprint density at radius 1 is 1.29 bits per heavy atom. The van der Waals surface area contributed by atoms with Gasteiger partial charge in [-0.25, -0.2) is 0 Å². The molecule has 3 rings (SSSR count). The number of ether oxygens (including phenoxy) is 1. The van der Waals surface area contributed by atoms with Crippen molar-refractivity contribution < 1.29 is 4.74 Å². The Hall–Kier alpha value is -1.99. The number of likely N-dealkylation sites (N-methyl/N-ethyl adjacent to an activating group) is 2. The highest BCUT2D eigenvalue weighted by Gasteiger charge is 2.10. The summed E-state index contributed by atoms with van der Waals surface area (Å²) in [6, 6.07) is 10.2. The molecule has 28 heavy (non-hydrogen) atoms. The van der Waals surface area contributed by atoms with E-state index in [9.17, 15) is 0 Å². The van der Waals surface area contributed by atoms with Crippen LogP contribution in [0.4, 0.5) is 16.4 Å². The fourth-order valence-electron chi connectivity index (χ4n) is 2.32. The molecule has 154 valence electrons. The van der Waals surface area contributed by atoms with Gasteiger partial charge in [0.2, 0.25) is 0 Å². The zero-order valence-corrected chi connectivity index (χ0v) is 18.6. The molecular weight excluding hydrogens is 368 g/mol. The summed E-state index contributed by atoms with van der Waals surface area (Å²) in [6.45, 7) is 13.7. The second kappa shape index (κ2) is 14.1. The maximum absolute atomic E-state index is 4.70. The van der Waals surface area contributed by atoms with Gasteiger partial charge in [0, 0.05) is 36.9 Å². The van der Waals surface area contributed by atoms with Crippen molar-refractivity contribution in [3.8, 4) is 0 Å². The predicted molar refractivity (Wildman–Crippen MR) is 125 cm³/mol. The summed E-state index contributed by atoms with van der Waals surface area (Å²) < 4.78 is 4.70. The van der Waals surface area contributed by atoms with Gasteiger partial charge < -0.3 is 20.7 Å². The largest absolute Gasteiger partial charge is 0.380 e. The average Bonchev–Trinajstić information content (AvgIpc) is 2.92. The summed E-state index contributed by atoms with van der Waals surface area (Å²) in [7, 11) is 3.62. The quantitative estimate of drug-likeness (QED) is 0.406. The normalized spacial score (nSPS) is 10.9. The molecule has 0 spiro atoms. The molecule has 0 amide bonds. The number of aryl methyl sites for hydroxylation is 1. The van der Waals surface area contributed by atoms with E-state index in [-0.39, 0.29) is 0 Å². The van der Waals surface area contributed by atoms with E-state index >= 15 is 0 Å². The lowest BCUT2D eigenvalue weighted by atomic mass is 10.3. The molecule has 1 aliphatic heterocycles. The predicted octanol–water partition coefficient (Wildman–Crippen LogP) is 4.89. The second-order valence-electron chi connectivity index (χ2n) is 6.39. The molecule has 2 aromatic rings. The topological polar surface area (TPSA) is 57.7 Å². The Morgan fingerprint density at radius 3 is 2.64 bits per heavy atom. The van der Waals surface area contributed by atoms with Crippen molar-refractivity contribution in [1.29, 1.82) is 0 Å². The van der Waals surface area contributed by atoms with E-state index in [4.69, 9.17) is 4.74 Å². The minimum atomic E-state index is 0.681. The van der Waals surface area contributed by atoms with E-state index in [1.54, 1.807) is 18.4 Å². The van der Waals surface area contributed by atoms with Crippen LogP contribution in [0.2, 0.25) is 0 Å². The van der Waals surface area contributed by atoms with E-state index in [1.807, 2.05) is 38.4 Å². The number of benzene rings is 1. The number of thiophene rings is 1. The Kier molecular flexibility index (Phi) is 12.1. The van der Waals surface area contributed by atoms with Gasteiger partial charge in [0.15, 0.2) is 0 Å². The first kappa shape index (κ1) is 24.0. The van der Waals surface area contributed by atoms with E-state index < -0.39 is 0 Å². The van der Waals surface area contributed by atoms with Crippen LogP contribution in [0.15, 0.2) is 47.5 Å². The molecule has 0 aliphatic carbocycles. The standard InChI is InChI=1S/C12H10N2S.C5H14N2.C5H10O/c1-8-6-9-7-13-10-4-2-3-5-11(10)14-12(9)15-8;1-3-7-5-4-6-2;1-5(2)4-6-3/h2-7,14H,1H3;6-7H,3-5H2,1-2H3;1,4H2,2-3H3. The van der Waals surface area contributed by atoms with Gasteiger partial charge in [-0.1, -0.05) is 31.2 Å². The van der Waals surface area contributed by atoms with Crippen molar-refractivity contribution in [3.63, 3.8) is 0 Å². The van der Waals surface area contributed by atoms with Crippen LogP contribution in [0.25, 0.3) is 0 Å². The van der Waals surface area contributed by atoms with Crippen LogP contribution in [-0.2, 0) is 4.74 Å². The Bertz CT molecular complexity index is 736. The number of nitrogens with one attached hydrogen (secondary N) is 3. The van der Waals surface area contributed by atoms with Gasteiger partial charge >= 0.3 is 0 Å². The number of nitrogens with zero attached hydrogens (tertiary/aromatic N) is 1. The third-order valence-corrected chi connectivity index (χ3v) is 4.55. The number of methoxy groups -OCH3 is 1. The van der Waals surface area contributed by atoms with Crippen molar-refractivity contribution in [2.45, 2.75) is 20.8 Å². The fourth-order valence-corrected chi connectivity index (χ4v) is 3.22. The van der Waals surface area contributed by atoms with Crippen molar-refractivity contribution in [1.82, 2.24) is 10.6 Å². The molecule has 1 aromatic heterocycles. The van der Waals surface area contributed by atoms with Crippen LogP contribution in [0.3, 0.4) is 0 Å². The summed E-state index contributed by atoms with van der Waals surface area (Å²) >= 11 is 1.76. The van der Waals surface area contributed by atoms with Gasteiger partial charge in [-0.3, -0.25) is 4.99 Å². The number of hydrogen-bond acceptors (Lipinski definition) is 6. The van der Waals surface area contributed by atoms with Gasteiger partial charge in [0.1, 0.15) is 5.00 Å².